The molecule has 0 saturated heterocycles. The monoisotopic (exact) mass is 251 g/mol. The Balaban J connectivity index is 2.28. The van der Waals surface area contributed by atoms with Crippen LogP contribution in [0.25, 0.3) is 0 Å². The maximum atomic E-state index is 9.71. The zero-order valence-corrected chi connectivity index (χ0v) is 11.9. The standard InChI is InChI=1S/C15H25NO2/c1-15(2,17)12-16(3)11-5-6-13-7-9-14(18-4)10-8-13/h7-10,17H,5-6,11-12H2,1-4H3. The topological polar surface area (TPSA) is 32.7 Å². The lowest BCUT2D eigenvalue weighted by atomic mass is 10.1. The maximum Gasteiger partial charge on any atom is 0.118 e. The number of hydrogen-bond acceptors (Lipinski definition) is 3. The summed E-state index contributed by atoms with van der Waals surface area (Å²) < 4.78 is 5.13. The average Bonchev–Trinajstić information content (AvgIpc) is 2.27. The van der Waals surface area contributed by atoms with Crippen LogP contribution in [0.15, 0.2) is 24.3 Å². The van der Waals surface area contributed by atoms with E-state index < -0.39 is 5.60 Å². The molecule has 0 aliphatic heterocycles. The van der Waals surface area contributed by atoms with E-state index in [9.17, 15) is 5.11 Å². The van der Waals surface area contributed by atoms with Crippen molar-refractivity contribution in [2.45, 2.75) is 32.3 Å². The molecule has 0 aliphatic rings. The van der Waals surface area contributed by atoms with Crippen LogP contribution < -0.4 is 4.74 Å². The highest BCUT2D eigenvalue weighted by Gasteiger charge is 2.14. The van der Waals surface area contributed by atoms with Crippen LogP contribution in [0, 0.1) is 0 Å². The molecule has 0 spiro atoms. The quantitative estimate of drug-likeness (QED) is 0.807. The SMILES string of the molecule is COc1ccc(CCCN(C)CC(C)(C)O)cc1. The number of ether oxygens (including phenoxy) is 1. The number of aryl methyl sites for hydroxylation is 1. The number of benzene rings is 1. The van der Waals surface area contributed by atoms with Crippen LogP contribution in [0.4, 0.5) is 0 Å². The van der Waals surface area contributed by atoms with Gasteiger partial charge in [0.1, 0.15) is 5.75 Å². The fourth-order valence-corrected chi connectivity index (χ4v) is 2.08. The van der Waals surface area contributed by atoms with Crippen molar-refractivity contribution in [3.63, 3.8) is 0 Å². The molecule has 1 aromatic rings. The molecule has 1 aromatic carbocycles. The Bertz CT molecular complexity index is 341. The van der Waals surface area contributed by atoms with Gasteiger partial charge in [0.05, 0.1) is 12.7 Å². The predicted molar refractivity (Wildman–Crippen MR) is 75.1 cm³/mol. The Morgan fingerprint density at radius 3 is 2.33 bits per heavy atom. The van der Waals surface area contributed by atoms with Crippen molar-refractivity contribution in [1.82, 2.24) is 4.90 Å². The van der Waals surface area contributed by atoms with Crippen molar-refractivity contribution >= 4 is 0 Å². The molecule has 0 atom stereocenters. The Hall–Kier alpha value is -1.06. The first-order valence-electron chi connectivity index (χ1n) is 6.44. The number of nitrogens with zero attached hydrogens (tertiary/aromatic N) is 1. The summed E-state index contributed by atoms with van der Waals surface area (Å²) in [6.45, 7) is 5.38. The molecule has 102 valence electrons. The Morgan fingerprint density at radius 2 is 1.83 bits per heavy atom. The highest BCUT2D eigenvalue weighted by Crippen LogP contribution is 2.13. The first-order valence-corrected chi connectivity index (χ1v) is 6.44. The third-order valence-electron chi connectivity index (χ3n) is 2.82. The van der Waals surface area contributed by atoms with Crippen LogP contribution in [0.1, 0.15) is 25.8 Å². The van der Waals surface area contributed by atoms with Gasteiger partial charge in [-0.15, -0.1) is 0 Å². The molecular weight excluding hydrogens is 226 g/mol. The summed E-state index contributed by atoms with van der Waals surface area (Å²) in [6.07, 6.45) is 2.15. The van der Waals surface area contributed by atoms with Crippen molar-refractivity contribution in [1.29, 1.82) is 0 Å². The van der Waals surface area contributed by atoms with Gasteiger partial charge in [0.25, 0.3) is 0 Å². The highest BCUT2D eigenvalue weighted by molar-refractivity contribution is 5.27. The lowest BCUT2D eigenvalue weighted by Crippen LogP contribution is -2.36. The second kappa shape index (κ2) is 6.76. The third-order valence-corrected chi connectivity index (χ3v) is 2.82. The summed E-state index contributed by atoms with van der Waals surface area (Å²) in [5.74, 6) is 0.901. The van der Waals surface area contributed by atoms with Crippen LogP contribution >= 0.6 is 0 Å². The molecule has 1 rings (SSSR count). The molecule has 3 nitrogen and oxygen atoms in total. The van der Waals surface area contributed by atoms with Crippen LogP contribution in [-0.4, -0.2) is 42.9 Å². The Morgan fingerprint density at radius 1 is 1.22 bits per heavy atom. The first-order chi connectivity index (χ1) is 8.40. The fourth-order valence-electron chi connectivity index (χ4n) is 2.08. The van der Waals surface area contributed by atoms with Gasteiger partial charge in [-0.05, 0) is 58.0 Å². The van der Waals surface area contributed by atoms with Gasteiger partial charge < -0.3 is 14.7 Å². The predicted octanol–water partition coefficient (Wildman–Crippen LogP) is 2.33. The summed E-state index contributed by atoms with van der Waals surface area (Å²) in [7, 11) is 3.73. The number of aliphatic hydroxyl groups is 1. The van der Waals surface area contributed by atoms with E-state index in [1.807, 2.05) is 33.0 Å². The lowest BCUT2D eigenvalue weighted by Gasteiger charge is -2.25. The minimum absolute atomic E-state index is 0.616. The molecular formula is C15H25NO2. The van der Waals surface area contributed by atoms with E-state index in [1.165, 1.54) is 5.56 Å². The minimum Gasteiger partial charge on any atom is -0.497 e. The third kappa shape index (κ3) is 6.03. The van der Waals surface area contributed by atoms with E-state index in [0.29, 0.717) is 6.54 Å². The van der Waals surface area contributed by atoms with E-state index in [4.69, 9.17) is 4.74 Å². The smallest absolute Gasteiger partial charge is 0.118 e. The van der Waals surface area contributed by atoms with E-state index in [0.717, 1.165) is 25.1 Å². The van der Waals surface area contributed by atoms with Crippen molar-refractivity contribution in [2.24, 2.45) is 0 Å². The molecule has 0 saturated carbocycles. The number of methoxy groups -OCH3 is 1. The van der Waals surface area contributed by atoms with E-state index in [-0.39, 0.29) is 0 Å². The zero-order chi connectivity index (χ0) is 13.6. The van der Waals surface area contributed by atoms with Crippen molar-refractivity contribution < 1.29 is 9.84 Å². The molecule has 0 heterocycles. The van der Waals surface area contributed by atoms with E-state index in [2.05, 4.69) is 17.0 Å². The molecule has 0 amide bonds. The van der Waals surface area contributed by atoms with Gasteiger partial charge in [-0.3, -0.25) is 0 Å². The molecule has 1 N–H and O–H groups in total. The van der Waals surface area contributed by atoms with Crippen LogP contribution in [-0.2, 0) is 6.42 Å². The van der Waals surface area contributed by atoms with Gasteiger partial charge in [0.15, 0.2) is 0 Å². The molecule has 0 bridgehead atoms. The van der Waals surface area contributed by atoms with Gasteiger partial charge in [-0.25, -0.2) is 0 Å². The zero-order valence-electron chi connectivity index (χ0n) is 11.9. The Kier molecular flexibility index (Phi) is 5.63. The summed E-state index contributed by atoms with van der Waals surface area (Å²) in [4.78, 5) is 2.17. The van der Waals surface area contributed by atoms with Gasteiger partial charge in [-0.1, -0.05) is 12.1 Å². The maximum absolute atomic E-state index is 9.71. The second-order valence-electron chi connectivity index (χ2n) is 5.50. The molecule has 3 heteroatoms. The first kappa shape index (κ1) is 15.0. The van der Waals surface area contributed by atoms with Crippen molar-refractivity contribution in [3.05, 3.63) is 29.8 Å². The minimum atomic E-state index is -0.616. The molecule has 0 aliphatic carbocycles. The van der Waals surface area contributed by atoms with Crippen LogP contribution in [0.2, 0.25) is 0 Å². The largest absolute Gasteiger partial charge is 0.497 e. The second-order valence-corrected chi connectivity index (χ2v) is 5.50. The molecule has 0 radical (unpaired) electrons. The van der Waals surface area contributed by atoms with Crippen LogP contribution in [0.3, 0.4) is 0 Å². The normalized spacial score (nSPS) is 11.9. The van der Waals surface area contributed by atoms with Crippen molar-refractivity contribution in [2.75, 3.05) is 27.2 Å². The molecule has 0 aromatic heterocycles. The summed E-state index contributed by atoms with van der Waals surface area (Å²) >= 11 is 0. The number of rotatable bonds is 7. The highest BCUT2D eigenvalue weighted by atomic mass is 16.5. The van der Waals surface area contributed by atoms with Gasteiger partial charge >= 0.3 is 0 Å². The van der Waals surface area contributed by atoms with Crippen molar-refractivity contribution in [3.8, 4) is 5.75 Å². The van der Waals surface area contributed by atoms with Crippen LogP contribution in [0.5, 0.6) is 5.75 Å². The van der Waals surface area contributed by atoms with E-state index in [1.54, 1.807) is 7.11 Å². The van der Waals surface area contributed by atoms with Gasteiger partial charge in [0, 0.05) is 6.54 Å². The molecule has 0 fully saturated rings. The number of hydrogen-bond donors (Lipinski definition) is 1. The van der Waals surface area contributed by atoms with Gasteiger partial charge in [0.2, 0.25) is 0 Å². The summed E-state index contributed by atoms with van der Waals surface area (Å²) in [6, 6.07) is 8.20. The summed E-state index contributed by atoms with van der Waals surface area (Å²) in [5.41, 5.74) is 0.710. The number of likely N-dealkylation sites (N-methyl/N-ethyl adjacent to an activating group) is 1. The van der Waals surface area contributed by atoms with E-state index >= 15 is 0 Å². The Labute approximate surface area is 110 Å². The molecule has 18 heavy (non-hydrogen) atoms. The fraction of sp³-hybridized carbons (Fsp3) is 0.600. The molecule has 0 unspecified atom stereocenters. The van der Waals surface area contributed by atoms with Gasteiger partial charge in [-0.2, -0.15) is 0 Å². The lowest BCUT2D eigenvalue weighted by molar-refractivity contribution is 0.0444. The summed E-state index contributed by atoms with van der Waals surface area (Å²) in [5, 5.41) is 9.71. The average molecular weight is 251 g/mol.